The minimum Gasteiger partial charge on any atom is -0.382 e. The quantitative estimate of drug-likeness (QED) is 0.438. The smallest absolute Gasteiger partial charge is 0.141 e. The van der Waals surface area contributed by atoms with Gasteiger partial charge in [-0.2, -0.15) is 0 Å². The third-order valence-electron chi connectivity index (χ3n) is 2.21. The first-order chi connectivity index (χ1) is 7.59. The van der Waals surface area contributed by atoms with Gasteiger partial charge in [-0.3, -0.25) is 10.4 Å². The highest BCUT2D eigenvalue weighted by Gasteiger charge is 2.00. The van der Waals surface area contributed by atoms with E-state index in [4.69, 9.17) is 15.9 Å². The van der Waals surface area contributed by atoms with Crippen LogP contribution in [0.25, 0.3) is 0 Å². The molecule has 0 aliphatic carbocycles. The van der Waals surface area contributed by atoms with Crippen molar-refractivity contribution in [2.45, 2.75) is 26.9 Å². The number of nitrogens with zero attached hydrogens (tertiary/aromatic N) is 1. The zero-order valence-electron chi connectivity index (χ0n) is 9.86. The van der Waals surface area contributed by atoms with E-state index < -0.39 is 0 Å². The third kappa shape index (κ3) is 4.40. The summed E-state index contributed by atoms with van der Waals surface area (Å²) >= 11 is 0. The van der Waals surface area contributed by atoms with Crippen molar-refractivity contribution in [1.82, 2.24) is 4.98 Å². The fraction of sp³-hybridized carbons (Fsp3) is 0.500. The van der Waals surface area contributed by atoms with Crippen LogP contribution in [0.4, 0.5) is 0 Å². The number of aromatic nitrogens is 1. The molecular formula is C12H19N3O. The molecule has 1 heterocycles. The van der Waals surface area contributed by atoms with E-state index >= 15 is 0 Å². The molecule has 1 aromatic heterocycles. The molecule has 0 saturated carbocycles. The van der Waals surface area contributed by atoms with Gasteiger partial charge >= 0.3 is 0 Å². The predicted molar refractivity (Wildman–Crippen MR) is 64.4 cm³/mol. The number of pyridine rings is 1. The van der Waals surface area contributed by atoms with Crippen molar-refractivity contribution in [3.05, 3.63) is 29.6 Å². The van der Waals surface area contributed by atoms with Crippen molar-refractivity contribution in [2.75, 3.05) is 6.61 Å². The maximum atomic E-state index is 7.28. The molecule has 0 unspecified atom stereocenters. The van der Waals surface area contributed by atoms with Crippen LogP contribution in [0.5, 0.6) is 0 Å². The van der Waals surface area contributed by atoms with E-state index in [0.29, 0.717) is 18.2 Å². The van der Waals surface area contributed by atoms with Crippen molar-refractivity contribution >= 4 is 5.84 Å². The lowest BCUT2D eigenvalue weighted by Crippen LogP contribution is -2.13. The summed E-state index contributed by atoms with van der Waals surface area (Å²) in [6, 6.07) is 3.67. The van der Waals surface area contributed by atoms with Gasteiger partial charge in [0.25, 0.3) is 0 Å². The first-order valence-electron chi connectivity index (χ1n) is 5.46. The number of hydrogen-bond donors (Lipinski definition) is 2. The fourth-order valence-electron chi connectivity index (χ4n) is 1.22. The van der Waals surface area contributed by atoms with Crippen molar-refractivity contribution in [3.63, 3.8) is 0 Å². The molecule has 0 amide bonds. The molecule has 0 aromatic carbocycles. The first kappa shape index (κ1) is 12.6. The summed E-state index contributed by atoms with van der Waals surface area (Å²) in [6.45, 7) is 5.65. The Morgan fingerprint density at radius 2 is 2.31 bits per heavy atom. The Kier molecular flexibility index (Phi) is 4.92. The van der Waals surface area contributed by atoms with E-state index in [9.17, 15) is 0 Å². The van der Waals surface area contributed by atoms with Gasteiger partial charge in [0.2, 0.25) is 0 Å². The summed E-state index contributed by atoms with van der Waals surface area (Å²) < 4.78 is 5.53. The largest absolute Gasteiger partial charge is 0.382 e. The average molecular weight is 221 g/mol. The second kappa shape index (κ2) is 6.23. The number of ether oxygens (including phenoxy) is 1. The molecule has 0 saturated heterocycles. The molecule has 1 aromatic rings. The van der Waals surface area contributed by atoms with E-state index in [2.05, 4.69) is 18.8 Å². The molecule has 0 spiro atoms. The van der Waals surface area contributed by atoms with E-state index in [1.54, 1.807) is 12.3 Å². The van der Waals surface area contributed by atoms with Gasteiger partial charge in [0.05, 0.1) is 6.61 Å². The van der Waals surface area contributed by atoms with E-state index in [1.165, 1.54) is 0 Å². The second-order valence-electron chi connectivity index (χ2n) is 4.20. The van der Waals surface area contributed by atoms with Gasteiger partial charge in [-0.1, -0.05) is 13.8 Å². The van der Waals surface area contributed by atoms with Crippen LogP contribution in [0.2, 0.25) is 0 Å². The molecule has 0 aliphatic rings. The maximum Gasteiger partial charge on any atom is 0.141 e. The number of nitrogen functional groups attached to an aromatic ring is 1. The topological polar surface area (TPSA) is 72.0 Å². The van der Waals surface area contributed by atoms with Gasteiger partial charge in [0, 0.05) is 12.8 Å². The molecule has 88 valence electrons. The van der Waals surface area contributed by atoms with Gasteiger partial charge in [-0.05, 0) is 30.0 Å². The molecule has 0 fully saturated rings. The van der Waals surface area contributed by atoms with Crippen LogP contribution >= 0.6 is 0 Å². The minimum absolute atomic E-state index is 0.0102. The van der Waals surface area contributed by atoms with Gasteiger partial charge < -0.3 is 10.5 Å². The summed E-state index contributed by atoms with van der Waals surface area (Å²) in [7, 11) is 0. The molecule has 0 atom stereocenters. The van der Waals surface area contributed by atoms with Gasteiger partial charge in [0.15, 0.2) is 0 Å². The summed E-state index contributed by atoms with van der Waals surface area (Å²) in [5, 5.41) is 7.28. The van der Waals surface area contributed by atoms with Crippen LogP contribution in [-0.2, 0) is 11.3 Å². The summed E-state index contributed by atoms with van der Waals surface area (Å²) in [4.78, 5) is 3.99. The SMILES string of the molecule is CC(C)CCOCc1ccnc(C(=N)N)c1. The fourth-order valence-corrected chi connectivity index (χ4v) is 1.22. The molecule has 0 aliphatic heterocycles. The lowest BCUT2D eigenvalue weighted by atomic mass is 10.1. The van der Waals surface area contributed by atoms with E-state index in [1.807, 2.05) is 6.07 Å². The number of amidine groups is 1. The Labute approximate surface area is 96.3 Å². The second-order valence-corrected chi connectivity index (χ2v) is 4.20. The van der Waals surface area contributed by atoms with Crippen LogP contribution in [0, 0.1) is 11.3 Å². The Morgan fingerprint density at radius 1 is 1.56 bits per heavy atom. The molecule has 4 heteroatoms. The maximum absolute atomic E-state index is 7.28. The molecule has 0 bridgehead atoms. The van der Waals surface area contributed by atoms with E-state index in [-0.39, 0.29) is 5.84 Å². The average Bonchev–Trinajstić information content (AvgIpc) is 2.24. The highest BCUT2D eigenvalue weighted by Crippen LogP contribution is 2.05. The van der Waals surface area contributed by atoms with Gasteiger partial charge in [-0.15, -0.1) is 0 Å². The zero-order valence-corrected chi connectivity index (χ0v) is 9.86. The number of nitrogens with two attached hydrogens (primary N) is 1. The Hall–Kier alpha value is -1.42. The molecule has 4 nitrogen and oxygen atoms in total. The monoisotopic (exact) mass is 221 g/mol. The van der Waals surface area contributed by atoms with E-state index in [0.717, 1.165) is 18.6 Å². The zero-order chi connectivity index (χ0) is 12.0. The summed E-state index contributed by atoms with van der Waals surface area (Å²) in [5.41, 5.74) is 6.87. The normalized spacial score (nSPS) is 10.7. The van der Waals surface area contributed by atoms with Crippen LogP contribution in [0.15, 0.2) is 18.3 Å². The molecule has 3 N–H and O–H groups in total. The van der Waals surface area contributed by atoms with Crippen LogP contribution in [0.3, 0.4) is 0 Å². The lowest BCUT2D eigenvalue weighted by Gasteiger charge is -2.07. The Morgan fingerprint density at radius 3 is 2.94 bits per heavy atom. The van der Waals surface area contributed by atoms with Crippen LogP contribution in [0.1, 0.15) is 31.5 Å². The summed E-state index contributed by atoms with van der Waals surface area (Å²) in [5.74, 6) is 0.647. The standard InChI is InChI=1S/C12H19N3O/c1-9(2)4-6-16-8-10-3-5-15-11(7-10)12(13)14/h3,5,7,9H,4,6,8H2,1-2H3,(H3,13,14). The highest BCUT2D eigenvalue weighted by molar-refractivity contribution is 5.93. The van der Waals surface area contributed by atoms with Crippen molar-refractivity contribution in [1.29, 1.82) is 5.41 Å². The minimum atomic E-state index is -0.0102. The molecular weight excluding hydrogens is 202 g/mol. The summed E-state index contributed by atoms with van der Waals surface area (Å²) in [6.07, 6.45) is 2.71. The first-order valence-corrected chi connectivity index (χ1v) is 5.46. The van der Waals surface area contributed by atoms with Crippen LogP contribution < -0.4 is 5.73 Å². The lowest BCUT2D eigenvalue weighted by molar-refractivity contribution is 0.110. The van der Waals surface area contributed by atoms with Gasteiger partial charge in [-0.25, -0.2) is 0 Å². The highest BCUT2D eigenvalue weighted by atomic mass is 16.5. The van der Waals surface area contributed by atoms with Crippen molar-refractivity contribution in [3.8, 4) is 0 Å². The van der Waals surface area contributed by atoms with Crippen molar-refractivity contribution < 1.29 is 4.74 Å². The number of rotatable bonds is 6. The molecule has 16 heavy (non-hydrogen) atoms. The third-order valence-corrected chi connectivity index (χ3v) is 2.21. The van der Waals surface area contributed by atoms with Crippen LogP contribution in [-0.4, -0.2) is 17.4 Å². The number of hydrogen-bond acceptors (Lipinski definition) is 3. The Balaban J connectivity index is 2.42. The van der Waals surface area contributed by atoms with Gasteiger partial charge in [0.1, 0.15) is 11.5 Å². The predicted octanol–water partition coefficient (Wildman–Crippen LogP) is 1.93. The Bertz CT molecular complexity index is 350. The molecule has 0 radical (unpaired) electrons. The number of nitrogens with one attached hydrogen (secondary N) is 1. The van der Waals surface area contributed by atoms with Crippen molar-refractivity contribution in [2.24, 2.45) is 11.7 Å². The molecule has 1 rings (SSSR count).